The third-order valence-corrected chi connectivity index (χ3v) is 4.64. The molecule has 0 fully saturated rings. The van der Waals surface area contributed by atoms with E-state index in [2.05, 4.69) is 45.3 Å². The van der Waals surface area contributed by atoms with Crippen LogP contribution in [0.4, 0.5) is 0 Å². The van der Waals surface area contributed by atoms with Crippen molar-refractivity contribution in [2.24, 2.45) is 5.84 Å². The largest absolute Gasteiger partial charge is 0.271 e. The van der Waals surface area contributed by atoms with Crippen LogP contribution in [0, 0.1) is 0 Å². The highest BCUT2D eigenvalue weighted by molar-refractivity contribution is 9.10. The third kappa shape index (κ3) is 3.45. The van der Waals surface area contributed by atoms with E-state index in [4.69, 9.17) is 17.4 Å². The molecule has 0 aliphatic heterocycles. The zero-order valence-electron chi connectivity index (χ0n) is 12.1. The summed E-state index contributed by atoms with van der Waals surface area (Å²) in [5.41, 5.74) is 5.70. The maximum absolute atomic E-state index is 6.22. The molecule has 0 amide bonds. The van der Waals surface area contributed by atoms with Gasteiger partial charge in [-0.2, -0.15) is 5.10 Å². The van der Waals surface area contributed by atoms with Crippen LogP contribution in [0.15, 0.2) is 22.8 Å². The molecule has 3 N–H and O–H groups in total. The van der Waals surface area contributed by atoms with Crippen molar-refractivity contribution in [1.29, 1.82) is 0 Å². The molecule has 1 atom stereocenters. The molecule has 1 unspecified atom stereocenters. The number of nitrogens with zero attached hydrogens (tertiary/aromatic N) is 3. The minimum Gasteiger partial charge on any atom is -0.271 e. The molecule has 2 rings (SSSR count). The second kappa shape index (κ2) is 7.35. The first kappa shape index (κ1) is 16.4. The lowest BCUT2D eigenvalue weighted by Gasteiger charge is -2.17. The van der Waals surface area contributed by atoms with Gasteiger partial charge < -0.3 is 0 Å². The summed E-state index contributed by atoms with van der Waals surface area (Å²) in [7, 11) is 0. The van der Waals surface area contributed by atoms with Gasteiger partial charge in [0.2, 0.25) is 0 Å². The number of hydrogen-bond donors (Lipinski definition) is 2. The predicted octanol–water partition coefficient (Wildman–Crippen LogP) is 3.02. The Morgan fingerprint density at radius 3 is 2.81 bits per heavy atom. The summed E-state index contributed by atoms with van der Waals surface area (Å²) in [5, 5.41) is 5.20. The molecule has 0 aromatic carbocycles. The summed E-state index contributed by atoms with van der Waals surface area (Å²) < 4.78 is 3.03. The van der Waals surface area contributed by atoms with Gasteiger partial charge in [0.15, 0.2) is 0 Å². The van der Waals surface area contributed by atoms with Gasteiger partial charge in [-0.25, -0.2) is 0 Å². The number of aryl methyl sites for hydroxylation is 2. The molecule has 0 bridgehead atoms. The summed E-state index contributed by atoms with van der Waals surface area (Å²) in [6, 6.07) is 3.46. The van der Waals surface area contributed by atoms with Crippen molar-refractivity contribution < 1.29 is 0 Å². The van der Waals surface area contributed by atoms with E-state index in [1.54, 1.807) is 12.3 Å². The van der Waals surface area contributed by atoms with Crippen molar-refractivity contribution in [1.82, 2.24) is 20.2 Å². The summed E-state index contributed by atoms with van der Waals surface area (Å²) in [6.07, 6.45) is 3.26. The fourth-order valence-electron chi connectivity index (χ4n) is 2.29. The van der Waals surface area contributed by atoms with E-state index in [0.717, 1.165) is 34.5 Å². The van der Waals surface area contributed by atoms with Gasteiger partial charge in [0.1, 0.15) is 0 Å². The van der Waals surface area contributed by atoms with Crippen LogP contribution >= 0.6 is 27.5 Å². The van der Waals surface area contributed by atoms with Crippen LogP contribution in [0.2, 0.25) is 5.02 Å². The van der Waals surface area contributed by atoms with E-state index in [9.17, 15) is 0 Å². The molecule has 2 aromatic heterocycles. The fraction of sp³-hybridized carbons (Fsp3) is 0.429. The van der Waals surface area contributed by atoms with Crippen molar-refractivity contribution in [2.45, 2.75) is 39.3 Å². The molecule has 0 aliphatic rings. The van der Waals surface area contributed by atoms with Crippen molar-refractivity contribution in [3.8, 4) is 0 Å². The number of hydrogen-bond acceptors (Lipinski definition) is 4. The van der Waals surface area contributed by atoms with Gasteiger partial charge in [-0.05, 0) is 41.4 Å². The Balaban J connectivity index is 2.35. The Morgan fingerprint density at radius 2 is 2.24 bits per heavy atom. The second-order valence-electron chi connectivity index (χ2n) is 4.67. The number of nitrogens with two attached hydrogens (primary N) is 1. The Hall–Kier alpha value is -0.950. The first-order valence-electron chi connectivity index (χ1n) is 6.92. The lowest BCUT2D eigenvalue weighted by atomic mass is 10.1. The SMILES string of the molecule is CCc1nn(CC)c(CC(NN)c2ncccc2Cl)c1Br. The minimum absolute atomic E-state index is 0.165. The average molecular weight is 373 g/mol. The van der Waals surface area contributed by atoms with Crippen molar-refractivity contribution in [2.75, 3.05) is 0 Å². The van der Waals surface area contributed by atoms with Crippen LogP contribution in [0.1, 0.15) is 37.0 Å². The third-order valence-electron chi connectivity index (χ3n) is 3.41. The highest BCUT2D eigenvalue weighted by Gasteiger charge is 2.21. The van der Waals surface area contributed by atoms with Gasteiger partial charge in [-0.15, -0.1) is 0 Å². The van der Waals surface area contributed by atoms with Gasteiger partial charge in [0.05, 0.1) is 32.6 Å². The lowest BCUT2D eigenvalue weighted by Crippen LogP contribution is -2.31. The molecule has 2 heterocycles. The van der Waals surface area contributed by atoms with Gasteiger partial charge in [0.25, 0.3) is 0 Å². The molecule has 21 heavy (non-hydrogen) atoms. The van der Waals surface area contributed by atoms with Crippen LogP contribution in [-0.2, 0) is 19.4 Å². The topological polar surface area (TPSA) is 68.8 Å². The normalized spacial score (nSPS) is 12.6. The number of hydrazine groups is 1. The molecule has 2 aromatic rings. The van der Waals surface area contributed by atoms with Crippen LogP contribution < -0.4 is 11.3 Å². The zero-order valence-corrected chi connectivity index (χ0v) is 14.4. The molecule has 5 nitrogen and oxygen atoms in total. The first-order chi connectivity index (χ1) is 10.1. The van der Waals surface area contributed by atoms with E-state index in [-0.39, 0.29) is 6.04 Å². The molecule has 114 valence electrons. The van der Waals surface area contributed by atoms with E-state index in [1.165, 1.54) is 0 Å². The van der Waals surface area contributed by atoms with Crippen molar-refractivity contribution in [3.05, 3.63) is 44.9 Å². The van der Waals surface area contributed by atoms with Crippen LogP contribution in [0.5, 0.6) is 0 Å². The molecule has 0 spiro atoms. The van der Waals surface area contributed by atoms with Crippen molar-refractivity contribution in [3.63, 3.8) is 0 Å². The minimum atomic E-state index is -0.165. The lowest BCUT2D eigenvalue weighted by molar-refractivity contribution is 0.506. The van der Waals surface area contributed by atoms with E-state index >= 15 is 0 Å². The summed E-state index contributed by atoms with van der Waals surface area (Å²) in [6.45, 7) is 4.97. The highest BCUT2D eigenvalue weighted by atomic mass is 79.9. The maximum atomic E-state index is 6.22. The van der Waals surface area contributed by atoms with E-state index in [0.29, 0.717) is 11.4 Å². The standard InChI is InChI=1S/C14H19BrClN5/c1-3-10-13(15)12(21(4-2)20-10)8-11(19-17)14-9(16)6-5-7-18-14/h5-7,11,19H,3-4,8,17H2,1-2H3. The zero-order chi connectivity index (χ0) is 15.4. The Kier molecular flexibility index (Phi) is 5.75. The maximum Gasteiger partial charge on any atom is 0.0776 e. The summed E-state index contributed by atoms with van der Waals surface area (Å²) in [5.74, 6) is 5.71. The van der Waals surface area contributed by atoms with Gasteiger partial charge >= 0.3 is 0 Å². The van der Waals surface area contributed by atoms with Crippen molar-refractivity contribution >= 4 is 27.5 Å². The number of nitrogens with one attached hydrogen (secondary N) is 1. The molecule has 0 aliphatic carbocycles. The van der Waals surface area contributed by atoms with E-state index in [1.807, 2.05) is 10.7 Å². The number of halogens is 2. The fourth-order valence-corrected chi connectivity index (χ4v) is 3.27. The quantitative estimate of drug-likeness (QED) is 0.604. The number of rotatable bonds is 6. The molecule has 0 saturated heterocycles. The summed E-state index contributed by atoms with van der Waals surface area (Å²) in [4.78, 5) is 4.34. The van der Waals surface area contributed by atoms with E-state index < -0.39 is 0 Å². The number of aromatic nitrogens is 3. The molecule has 0 radical (unpaired) electrons. The predicted molar refractivity (Wildman–Crippen MR) is 88.0 cm³/mol. The van der Waals surface area contributed by atoms with Gasteiger partial charge in [-0.1, -0.05) is 18.5 Å². The first-order valence-corrected chi connectivity index (χ1v) is 8.10. The summed E-state index contributed by atoms with van der Waals surface area (Å²) >= 11 is 9.86. The van der Waals surface area contributed by atoms with Crippen LogP contribution in [-0.4, -0.2) is 14.8 Å². The average Bonchev–Trinajstić information content (AvgIpc) is 2.81. The van der Waals surface area contributed by atoms with Crippen LogP contribution in [0.3, 0.4) is 0 Å². The van der Waals surface area contributed by atoms with Gasteiger partial charge in [0, 0.05) is 19.2 Å². The Morgan fingerprint density at radius 1 is 1.48 bits per heavy atom. The van der Waals surface area contributed by atoms with Crippen LogP contribution in [0.25, 0.3) is 0 Å². The van der Waals surface area contributed by atoms with Gasteiger partial charge in [-0.3, -0.25) is 20.9 Å². The highest BCUT2D eigenvalue weighted by Crippen LogP contribution is 2.28. The number of pyridine rings is 1. The Bertz CT molecular complexity index is 613. The molecular formula is C14H19BrClN5. The molecule has 7 heteroatoms. The smallest absolute Gasteiger partial charge is 0.0776 e. The second-order valence-corrected chi connectivity index (χ2v) is 5.87. The molecule has 0 saturated carbocycles. The molecular weight excluding hydrogens is 354 g/mol. The monoisotopic (exact) mass is 371 g/mol. The Labute approximate surface area is 138 Å².